The number of aryl methyl sites for hydroxylation is 1. The smallest absolute Gasteiger partial charge is 0.253 e. The molecule has 0 radical (unpaired) electrons. The van der Waals surface area contributed by atoms with Gasteiger partial charge in [0.15, 0.2) is 0 Å². The molecule has 1 aromatic carbocycles. The van der Waals surface area contributed by atoms with E-state index in [-0.39, 0.29) is 17.4 Å². The van der Waals surface area contributed by atoms with Gasteiger partial charge in [0.05, 0.1) is 16.8 Å². The summed E-state index contributed by atoms with van der Waals surface area (Å²) in [5, 5.41) is 6.42. The number of nitrogens with one attached hydrogen (secondary N) is 3. The van der Waals surface area contributed by atoms with Gasteiger partial charge in [-0.05, 0) is 46.8 Å². The fraction of sp³-hybridized carbons (Fsp3) is 0.375. The Kier molecular flexibility index (Phi) is 4.98. The van der Waals surface area contributed by atoms with E-state index in [2.05, 4.69) is 48.2 Å². The van der Waals surface area contributed by atoms with Crippen LogP contribution >= 0.6 is 0 Å². The molecule has 1 unspecified atom stereocenters. The normalized spacial score (nSPS) is 15.9. The van der Waals surface area contributed by atoms with E-state index in [9.17, 15) is 4.79 Å². The minimum Gasteiger partial charge on any atom is -0.364 e. The van der Waals surface area contributed by atoms with Gasteiger partial charge in [0.2, 0.25) is 0 Å². The number of hydrogen-bond donors (Lipinski definition) is 3. The second kappa shape index (κ2) is 7.49. The van der Waals surface area contributed by atoms with E-state index >= 15 is 0 Å². The van der Waals surface area contributed by atoms with Crippen LogP contribution in [-0.4, -0.2) is 32.9 Å². The van der Waals surface area contributed by atoms with Gasteiger partial charge in [0.1, 0.15) is 11.3 Å². The summed E-state index contributed by atoms with van der Waals surface area (Å²) in [6.45, 7) is 10.7. The number of H-pyrrole nitrogens is 1. The molecular weight excluding hydrogens is 374 g/mol. The molecule has 0 aliphatic carbocycles. The lowest BCUT2D eigenvalue weighted by atomic mass is 9.94. The lowest BCUT2D eigenvalue weighted by molar-refractivity contribution is 0.0940. The van der Waals surface area contributed by atoms with Crippen LogP contribution in [0.5, 0.6) is 0 Å². The number of fused-ring (bicyclic) bond motifs is 2. The van der Waals surface area contributed by atoms with Gasteiger partial charge >= 0.3 is 0 Å². The average molecular weight is 402 g/mol. The first-order chi connectivity index (χ1) is 14.3. The van der Waals surface area contributed by atoms with Crippen molar-refractivity contribution < 1.29 is 4.79 Å². The highest BCUT2D eigenvalue weighted by atomic mass is 16.1. The second-order valence-corrected chi connectivity index (χ2v) is 8.75. The molecule has 0 spiro atoms. The molecule has 3 aromatic rings. The van der Waals surface area contributed by atoms with Gasteiger partial charge in [-0.1, -0.05) is 12.1 Å². The first-order valence-corrected chi connectivity index (χ1v) is 10.2. The van der Waals surface area contributed by atoms with Crippen LogP contribution < -0.4 is 10.6 Å². The molecule has 3 N–H and O–H groups in total. The van der Waals surface area contributed by atoms with Crippen molar-refractivity contribution in [2.24, 2.45) is 0 Å². The van der Waals surface area contributed by atoms with Gasteiger partial charge in [0, 0.05) is 41.4 Å². The van der Waals surface area contributed by atoms with E-state index in [0.717, 1.165) is 39.5 Å². The monoisotopic (exact) mass is 401 g/mol. The molecule has 30 heavy (non-hydrogen) atoms. The van der Waals surface area contributed by atoms with E-state index < -0.39 is 0 Å². The van der Waals surface area contributed by atoms with Crippen LogP contribution in [0, 0.1) is 18.8 Å². The largest absolute Gasteiger partial charge is 0.364 e. The molecule has 0 saturated heterocycles. The first kappa shape index (κ1) is 20.0. The number of carbonyl (C=O) groups excluding carboxylic acids is 1. The maximum Gasteiger partial charge on any atom is 0.253 e. The number of nitrogens with zero attached hydrogens (tertiary/aromatic N) is 2. The fourth-order valence-electron chi connectivity index (χ4n) is 3.79. The van der Waals surface area contributed by atoms with E-state index in [0.29, 0.717) is 18.5 Å². The van der Waals surface area contributed by atoms with Crippen molar-refractivity contribution in [3.63, 3.8) is 0 Å². The van der Waals surface area contributed by atoms with Crippen LogP contribution in [0.4, 0.5) is 5.82 Å². The third-order valence-corrected chi connectivity index (χ3v) is 5.19. The van der Waals surface area contributed by atoms with E-state index in [4.69, 9.17) is 9.97 Å². The molecule has 4 rings (SSSR count). The highest BCUT2D eigenvalue weighted by Gasteiger charge is 2.28. The highest BCUT2D eigenvalue weighted by molar-refractivity contribution is 6.00. The van der Waals surface area contributed by atoms with Crippen molar-refractivity contribution in [2.75, 3.05) is 11.9 Å². The fourth-order valence-corrected chi connectivity index (χ4v) is 3.79. The van der Waals surface area contributed by atoms with Crippen molar-refractivity contribution in [3.05, 3.63) is 41.2 Å². The zero-order valence-electron chi connectivity index (χ0n) is 18.1. The Morgan fingerprint density at radius 1 is 1.23 bits per heavy atom. The summed E-state index contributed by atoms with van der Waals surface area (Å²) >= 11 is 0. The van der Waals surface area contributed by atoms with Crippen LogP contribution in [0.1, 0.15) is 61.8 Å². The maximum absolute atomic E-state index is 12.5. The van der Waals surface area contributed by atoms with Gasteiger partial charge in [-0.15, -0.1) is 11.8 Å². The van der Waals surface area contributed by atoms with Crippen LogP contribution in [0.15, 0.2) is 24.3 Å². The summed E-state index contributed by atoms with van der Waals surface area (Å²) in [6, 6.07) is 7.88. The molecule has 1 aliphatic rings. The average Bonchev–Trinajstić information content (AvgIpc) is 3.13. The van der Waals surface area contributed by atoms with Crippen molar-refractivity contribution in [3.8, 4) is 23.1 Å². The molecule has 0 fully saturated rings. The summed E-state index contributed by atoms with van der Waals surface area (Å²) in [5.41, 5.74) is 5.80. The predicted molar refractivity (Wildman–Crippen MR) is 121 cm³/mol. The number of amides is 1. The molecule has 0 saturated carbocycles. The molecule has 154 valence electrons. The minimum absolute atomic E-state index is 0.0505. The summed E-state index contributed by atoms with van der Waals surface area (Å²) in [4.78, 5) is 25.6. The number of aromatic nitrogens is 3. The maximum atomic E-state index is 12.5. The standard InChI is InChI=1S/C24H27N5O/c1-6-7-9-15-13-25-23(30)17-12-19(27-20(15)17)16-10-8-11-18-21(16)28-22(14(2)26-18)29-24(3,4)5/h8,10-12,15,27H,9,13H2,1-5H3,(H,25,30)(H,28,29). The summed E-state index contributed by atoms with van der Waals surface area (Å²) in [6.07, 6.45) is 0.706. The summed E-state index contributed by atoms with van der Waals surface area (Å²) in [7, 11) is 0. The molecule has 3 heterocycles. The van der Waals surface area contributed by atoms with Crippen LogP contribution in [-0.2, 0) is 0 Å². The van der Waals surface area contributed by atoms with Crippen LogP contribution in [0.3, 0.4) is 0 Å². The molecule has 0 bridgehead atoms. The van der Waals surface area contributed by atoms with Crippen molar-refractivity contribution >= 4 is 22.8 Å². The van der Waals surface area contributed by atoms with Gasteiger partial charge in [-0.3, -0.25) is 4.79 Å². The molecule has 2 aromatic heterocycles. The number of para-hydroxylation sites is 1. The Hall–Kier alpha value is -3.33. The Bertz CT molecular complexity index is 1190. The van der Waals surface area contributed by atoms with E-state index in [1.54, 1.807) is 0 Å². The Morgan fingerprint density at radius 3 is 2.77 bits per heavy atom. The quantitative estimate of drug-likeness (QED) is 0.569. The lowest BCUT2D eigenvalue weighted by Crippen LogP contribution is -2.34. The molecular formula is C24H27N5O. The molecule has 6 heteroatoms. The molecule has 1 aliphatic heterocycles. The Morgan fingerprint density at radius 2 is 2.03 bits per heavy atom. The van der Waals surface area contributed by atoms with Crippen LogP contribution in [0.25, 0.3) is 22.3 Å². The highest BCUT2D eigenvalue weighted by Crippen LogP contribution is 2.34. The number of rotatable bonds is 3. The van der Waals surface area contributed by atoms with E-state index in [1.165, 1.54) is 0 Å². The number of hydrogen-bond acceptors (Lipinski definition) is 4. The van der Waals surface area contributed by atoms with E-state index in [1.807, 2.05) is 38.1 Å². The lowest BCUT2D eigenvalue weighted by Gasteiger charge is -2.22. The molecule has 1 amide bonds. The Balaban J connectivity index is 1.84. The number of anilines is 1. The number of aromatic amines is 1. The summed E-state index contributed by atoms with van der Waals surface area (Å²) in [5.74, 6) is 6.96. The third-order valence-electron chi connectivity index (χ3n) is 5.19. The Labute approximate surface area is 176 Å². The molecule has 1 atom stereocenters. The van der Waals surface area contributed by atoms with Crippen LogP contribution in [0.2, 0.25) is 0 Å². The van der Waals surface area contributed by atoms with Crippen molar-refractivity contribution in [1.82, 2.24) is 20.3 Å². The van der Waals surface area contributed by atoms with Gasteiger partial charge in [-0.2, -0.15) is 0 Å². The van der Waals surface area contributed by atoms with Crippen molar-refractivity contribution in [2.45, 2.75) is 52.5 Å². The number of benzene rings is 1. The third kappa shape index (κ3) is 3.76. The minimum atomic E-state index is -0.126. The summed E-state index contributed by atoms with van der Waals surface area (Å²) < 4.78 is 0. The topological polar surface area (TPSA) is 82.7 Å². The predicted octanol–water partition coefficient (Wildman–Crippen LogP) is 4.38. The second-order valence-electron chi connectivity index (χ2n) is 8.75. The number of carbonyl (C=O) groups is 1. The van der Waals surface area contributed by atoms with Gasteiger partial charge in [0.25, 0.3) is 5.91 Å². The van der Waals surface area contributed by atoms with Gasteiger partial charge in [-0.25, -0.2) is 9.97 Å². The molecule has 6 nitrogen and oxygen atoms in total. The zero-order chi connectivity index (χ0) is 21.5. The zero-order valence-corrected chi connectivity index (χ0v) is 18.1. The SMILES string of the molecule is CC#CCC1CNC(=O)c2cc(-c3cccc4nc(C)c(NC(C)(C)C)nc34)[nH]c21. The first-order valence-electron chi connectivity index (χ1n) is 10.2. The van der Waals surface area contributed by atoms with Gasteiger partial charge < -0.3 is 15.6 Å². The van der Waals surface area contributed by atoms with Crippen molar-refractivity contribution in [1.29, 1.82) is 0 Å².